The van der Waals surface area contributed by atoms with E-state index in [1.54, 1.807) is 6.20 Å². The molecule has 0 radical (unpaired) electrons. The van der Waals surface area contributed by atoms with Crippen LogP contribution in [0.25, 0.3) is 10.8 Å². The summed E-state index contributed by atoms with van der Waals surface area (Å²) in [4.78, 5) is 24.2. The largest absolute Gasteiger partial charge is 0.337 e. The number of amides is 1. The molecule has 5 rings (SSSR count). The number of carbonyl (C=O) groups excluding carboxylic acids is 1. The minimum Gasteiger partial charge on any atom is -0.337 e. The van der Waals surface area contributed by atoms with Gasteiger partial charge in [0.05, 0.1) is 0 Å². The standard InChI is InChI=1S/C25H26N6O/c1-17-15-23(30-29-17)28-22-8-4-6-20(27-22)16-18-10-13-31(14-11-18)25(32)24-21-7-3-2-5-19(21)9-12-26-24/h2-9,12,15,18H,10-11,13-14,16H2,1H3,(H2,27,28,29,30). The Labute approximate surface area is 186 Å². The second-order valence-electron chi connectivity index (χ2n) is 8.40. The minimum atomic E-state index is 0.0267. The zero-order valence-electron chi connectivity index (χ0n) is 18.1. The van der Waals surface area contributed by atoms with Crippen LogP contribution in [-0.2, 0) is 6.42 Å². The van der Waals surface area contributed by atoms with Crippen molar-refractivity contribution in [2.45, 2.75) is 26.2 Å². The molecule has 1 aromatic carbocycles. The maximum Gasteiger partial charge on any atom is 0.273 e. The van der Waals surface area contributed by atoms with E-state index in [-0.39, 0.29) is 5.91 Å². The number of nitrogens with zero attached hydrogens (tertiary/aromatic N) is 4. The number of carbonyl (C=O) groups is 1. The number of hydrogen-bond donors (Lipinski definition) is 2. The Morgan fingerprint density at radius 3 is 2.75 bits per heavy atom. The number of H-pyrrole nitrogens is 1. The van der Waals surface area contributed by atoms with Crippen molar-refractivity contribution in [3.05, 3.63) is 77.9 Å². The van der Waals surface area contributed by atoms with Crippen LogP contribution in [0.15, 0.2) is 60.8 Å². The van der Waals surface area contributed by atoms with Gasteiger partial charge in [-0.25, -0.2) is 4.98 Å². The maximum atomic E-state index is 13.1. The van der Waals surface area contributed by atoms with Gasteiger partial charge in [0.1, 0.15) is 11.5 Å². The van der Waals surface area contributed by atoms with Gasteiger partial charge in [-0.2, -0.15) is 5.10 Å². The van der Waals surface area contributed by atoms with Crippen molar-refractivity contribution in [2.24, 2.45) is 5.92 Å². The van der Waals surface area contributed by atoms with Crippen LogP contribution >= 0.6 is 0 Å². The molecule has 0 aliphatic carbocycles. The van der Waals surface area contributed by atoms with Gasteiger partial charge in [-0.3, -0.25) is 14.9 Å². The van der Waals surface area contributed by atoms with Crippen molar-refractivity contribution in [3.63, 3.8) is 0 Å². The lowest BCUT2D eigenvalue weighted by molar-refractivity contribution is 0.0686. The van der Waals surface area contributed by atoms with Gasteiger partial charge in [-0.15, -0.1) is 0 Å². The Bertz CT molecular complexity index is 1240. The lowest BCUT2D eigenvalue weighted by Gasteiger charge is -2.32. The fourth-order valence-corrected chi connectivity index (χ4v) is 4.35. The van der Waals surface area contributed by atoms with E-state index in [9.17, 15) is 4.79 Å². The molecular formula is C25H26N6O. The van der Waals surface area contributed by atoms with Gasteiger partial charge in [0.25, 0.3) is 5.91 Å². The quantitative estimate of drug-likeness (QED) is 0.491. The molecule has 0 bridgehead atoms. The Morgan fingerprint density at radius 1 is 1.09 bits per heavy atom. The number of benzene rings is 1. The van der Waals surface area contributed by atoms with E-state index in [2.05, 4.69) is 26.6 Å². The van der Waals surface area contributed by atoms with Crippen molar-refractivity contribution in [2.75, 3.05) is 18.4 Å². The second-order valence-corrected chi connectivity index (χ2v) is 8.40. The molecule has 1 aliphatic heterocycles. The number of fused-ring (bicyclic) bond motifs is 1. The third kappa shape index (κ3) is 4.32. The molecule has 7 heteroatoms. The number of aromatic amines is 1. The number of aryl methyl sites for hydroxylation is 1. The smallest absolute Gasteiger partial charge is 0.273 e. The number of nitrogens with one attached hydrogen (secondary N) is 2. The number of rotatable bonds is 5. The van der Waals surface area contributed by atoms with Gasteiger partial charge in [0, 0.05) is 42.1 Å². The molecule has 0 spiro atoms. The summed E-state index contributed by atoms with van der Waals surface area (Å²) in [6.45, 7) is 3.47. The van der Waals surface area contributed by atoms with Gasteiger partial charge in [0.2, 0.25) is 0 Å². The molecule has 4 aromatic rings. The molecule has 32 heavy (non-hydrogen) atoms. The van der Waals surface area contributed by atoms with E-state index in [4.69, 9.17) is 4.98 Å². The van der Waals surface area contributed by atoms with E-state index in [0.717, 1.165) is 66.1 Å². The molecule has 0 unspecified atom stereocenters. The summed E-state index contributed by atoms with van der Waals surface area (Å²) in [5, 5.41) is 12.3. The van der Waals surface area contributed by atoms with Crippen LogP contribution in [0.2, 0.25) is 0 Å². The Hall–Kier alpha value is -3.74. The number of anilines is 2. The van der Waals surface area contributed by atoms with E-state index in [1.165, 1.54) is 0 Å². The lowest BCUT2D eigenvalue weighted by Crippen LogP contribution is -2.39. The van der Waals surface area contributed by atoms with Gasteiger partial charge in [0.15, 0.2) is 5.82 Å². The summed E-state index contributed by atoms with van der Waals surface area (Å²) in [6.07, 6.45) is 4.56. The summed E-state index contributed by atoms with van der Waals surface area (Å²) in [5.41, 5.74) is 2.61. The topological polar surface area (TPSA) is 86.8 Å². The molecule has 0 atom stereocenters. The zero-order valence-corrected chi connectivity index (χ0v) is 18.1. The molecule has 7 nitrogen and oxygen atoms in total. The van der Waals surface area contributed by atoms with Gasteiger partial charge in [-0.1, -0.05) is 30.3 Å². The number of hydrogen-bond acceptors (Lipinski definition) is 5. The summed E-state index contributed by atoms with van der Waals surface area (Å²) in [6, 6.07) is 17.9. The first-order valence-corrected chi connectivity index (χ1v) is 11.0. The SMILES string of the molecule is Cc1cc(Nc2cccc(CC3CCN(C(=O)c4nccc5ccccc45)CC3)n2)n[nH]1. The zero-order chi connectivity index (χ0) is 21.9. The predicted molar refractivity (Wildman–Crippen MR) is 125 cm³/mol. The van der Waals surface area contributed by atoms with Crippen molar-refractivity contribution >= 4 is 28.3 Å². The van der Waals surface area contributed by atoms with Gasteiger partial charge < -0.3 is 10.2 Å². The average molecular weight is 427 g/mol. The Morgan fingerprint density at radius 2 is 1.94 bits per heavy atom. The van der Waals surface area contributed by atoms with Crippen LogP contribution in [0, 0.1) is 12.8 Å². The summed E-state index contributed by atoms with van der Waals surface area (Å²) in [5.74, 6) is 2.10. The highest BCUT2D eigenvalue weighted by molar-refractivity contribution is 6.05. The first kappa shape index (κ1) is 20.2. The Kier molecular flexibility index (Phi) is 5.54. The van der Waals surface area contributed by atoms with Gasteiger partial charge >= 0.3 is 0 Å². The third-order valence-corrected chi connectivity index (χ3v) is 6.04. The number of piperidine rings is 1. The summed E-state index contributed by atoms with van der Waals surface area (Å²) < 4.78 is 0. The van der Waals surface area contributed by atoms with Crippen LogP contribution in [-0.4, -0.2) is 44.1 Å². The van der Waals surface area contributed by atoms with E-state index in [1.807, 2.05) is 60.4 Å². The molecule has 3 aromatic heterocycles. The molecule has 1 amide bonds. The molecule has 0 saturated carbocycles. The van der Waals surface area contributed by atoms with E-state index >= 15 is 0 Å². The maximum absolute atomic E-state index is 13.1. The fraction of sp³-hybridized carbons (Fsp3) is 0.280. The second kappa shape index (κ2) is 8.78. The highest BCUT2D eigenvalue weighted by Gasteiger charge is 2.25. The monoisotopic (exact) mass is 426 g/mol. The van der Waals surface area contributed by atoms with Gasteiger partial charge in [-0.05, 0) is 55.7 Å². The minimum absolute atomic E-state index is 0.0267. The third-order valence-electron chi connectivity index (χ3n) is 6.04. The molecule has 4 heterocycles. The first-order valence-electron chi connectivity index (χ1n) is 11.0. The molecule has 1 saturated heterocycles. The normalized spacial score (nSPS) is 14.6. The Balaban J connectivity index is 1.21. The molecular weight excluding hydrogens is 400 g/mol. The van der Waals surface area contributed by atoms with Crippen LogP contribution in [0.1, 0.15) is 34.7 Å². The average Bonchev–Trinajstić information content (AvgIpc) is 3.23. The molecule has 1 aliphatic rings. The predicted octanol–water partition coefficient (Wildman–Crippen LogP) is 4.50. The summed E-state index contributed by atoms with van der Waals surface area (Å²) >= 11 is 0. The number of likely N-dealkylation sites (tertiary alicyclic amines) is 1. The van der Waals surface area contributed by atoms with Crippen molar-refractivity contribution < 1.29 is 4.79 Å². The lowest BCUT2D eigenvalue weighted by atomic mass is 9.91. The highest BCUT2D eigenvalue weighted by atomic mass is 16.2. The fourth-order valence-electron chi connectivity index (χ4n) is 4.35. The molecule has 2 N–H and O–H groups in total. The van der Waals surface area contributed by atoms with Crippen LogP contribution in [0.3, 0.4) is 0 Å². The van der Waals surface area contributed by atoms with E-state index in [0.29, 0.717) is 11.6 Å². The van der Waals surface area contributed by atoms with Crippen molar-refractivity contribution in [1.29, 1.82) is 0 Å². The van der Waals surface area contributed by atoms with Crippen LogP contribution < -0.4 is 5.32 Å². The number of aromatic nitrogens is 4. The molecule has 162 valence electrons. The van der Waals surface area contributed by atoms with E-state index < -0.39 is 0 Å². The summed E-state index contributed by atoms with van der Waals surface area (Å²) in [7, 11) is 0. The highest BCUT2D eigenvalue weighted by Crippen LogP contribution is 2.25. The first-order chi connectivity index (χ1) is 15.7. The van der Waals surface area contributed by atoms with Crippen LogP contribution in [0.4, 0.5) is 11.6 Å². The van der Waals surface area contributed by atoms with Crippen molar-refractivity contribution in [1.82, 2.24) is 25.1 Å². The molecule has 1 fully saturated rings. The number of pyridine rings is 2. The van der Waals surface area contributed by atoms with Crippen LogP contribution in [0.5, 0.6) is 0 Å². The van der Waals surface area contributed by atoms with Crippen molar-refractivity contribution in [3.8, 4) is 0 Å².